The van der Waals surface area contributed by atoms with Gasteiger partial charge < -0.3 is 28.5 Å². The lowest BCUT2D eigenvalue weighted by Crippen LogP contribution is -2.54. The number of aliphatic hydroxyl groups excluding tert-OH is 2. The average Bonchev–Trinajstić information content (AvgIpc) is 1.50. The van der Waals surface area contributed by atoms with Crippen molar-refractivity contribution < 1.29 is 47.7 Å². The van der Waals surface area contributed by atoms with E-state index in [4.69, 9.17) is 18.3 Å². The second-order valence-corrected chi connectivity index (χ2v) is 53.8. The van der Waals surface area contributed by atoms with E-state index in [-0.39, 0.29) is 78.5 Å². The molecule has 18 rings (SSSR count). The maximum atomic E-state index is 12.6. The van der Waals surface area contributed by atoms with Crippen LogP contribution in [0.3, 0.4) is 0 Å². The molecule has 16 aliphatic carbocycles. The zero-order chi connectivity index (χ0) is 77.8. The molecule has 2 N–H and O–H groups in total. The van der Waals surface area contributed by atoms with Gasteiger partial charge in [0.15, 0.2) is 51.0 Å². The number of Topliss-reactive ketones (excluding diaryl/α,β-unsaturated/α-hetero) is 4. The molecule has 0 radical (unpaired) electrons. The maximum Gasteiger partial charge on any atom is 0.192 e. The lowest BCUT2D eigenvalue weighted by molar-refractivity contribution is -0.136. The Balaban J connectivity index is 0.000000118. The van der Waals surface area contributed by atoms with Crippen LogP contribution < -0.4 is 0 Å². The molecule has 2 aliphatic heterocycles. The van der Waals surface area contributed by atoms with E-state index in [1.54, 1.807) is 25.0 Å². The van der Waals surface area contributed by atoms with Crippen molar-refractivity contribution in [2.75, 3.05) is 0 Å². The van der Waals surface area contributed by atoms with Gasteiger partial charge in [0.05, 0.1) is 24.4 Å². The summed E-state index contributed by atoms with van der Waals surface area (Å²) in [5.41, 5.74) is 9.40. The van der Waals surface area contributed by atoms with Gasteiger partial charge in [0.2, 0.25) is 0 Å². The Kier molecular flexibility index (Phi) is 20.6. The van der Waals surface area contributed by atoms with Crippen LogP contribution in [0, 0.1) is 108 Å². The Labute approximate surface area is 651 Å². The molecule has 15 fully saturated rings. The Morgan fingerprint density at radius 3 is 1.14 bits per heavy atom. The molecule has 0 unspecified atom stereocenters. The van der Waals surface area contributed by atoms with Gasteiger partial charge in [-0.3, -0.25) is 19.2 Å². The van der Waals surface area contributed by atoms with E-state index in [1.807, 2.05) is 26.0 Å². The van der Waals surface area contributed by atoms with Gasteiger partial charge >= 0.3 is 0 Å². The molecule has 596 valence electrons. The number of fused-ring (bicyclic) bond motifs is 21. The van der Waals surface area contributed by atoms with Crippen LogP contribution in [0.15, 0.2) is 69.9 Å². The lowest BCUT2D eigenvalue weighted by Gasteiger charge is -2.58. The molecule has 0 amide bonds. The van der Waals surface area contributed by atoms with E-state index in [0.29, 0.717) is 70.1 Å². The molecular weight excluding hydrogens is 1360 g/mol. The first-order valence-electron chi connectivity index (χ1n) is 44.0. The van der Waals surface area contributed by atoms with Crippen molar-refractivity contribution in [1.29, 1.82) is 0 Å². The van der Waals surface area contributed by atoms with Gasteiger partial charge in [-0.25, -0.2) is 0 Å². The zero-order valence-electron chi connectivity index (χ0n) is 71.5. The average molecular weight is 1510 g/mol. The third kappa shape index (κ3) is 12.2. The third-order valence-electron chi connectivity index (χ3n) is 37.9. The van der Waals surface area contributed by atoms with Crippen LogP contribution in [-0.4, -0.2) is 97.8 Å². The molecule has 18 aliphatic rings. The molecule has 0 bridgehead atoms. The number of hydrogen-bond acceptors (Lipinski definition) is 10. The standard InChI is InChI=1S/C27H44O3Si.C27H46O2Si.C21H30O3.2C10H14O/c1-17(28)27-23(29-27)16-22-20-10-9-18-15-19(30-31(7,8)24(2,3)4)11-13-25(18,5)21(20)12-14-26(22,27)6;1-9-21-24(28)17-23-20-11-10-18-16-19(29-30(7,8)25(2,3)4)12-14-26(18,5)22(20)13-15-27(21,23)6;1-12(22)21-18(24-21)11-17-15-5-4-13-10-14(23)6-8-19(13,2)16(15)7-9-20(17,21)3;2*1-3-8-9(11)6-7-4-5-10(7,8)2/h9,19-23H,10-16H2,1-8H3;9-10,19-20,22-24,28H,11-17H2,1-8H3;4,14-18,23H,5-11H2,1-3H3;2*3,7H,4-6H2,1-2H3/b;;;8-3+;8-3-/t19-,20+,21-,22-,23+,25-,26-,27+;19-,20+,22-,23-,24+,26-,27+;14-,15+,16-,17-,18+,19-,20-,21+;2*7-,10+/m00011/s1. The summed E-state index contributed by atoms with van der Waals surface area (Å²) < 4.78 is 25.8. The van der Waals surface area contributed by atoms with Crippen molar-refractivity contribution in [2.45, 2.75) is 389 Å². The van der Waals surface area contributed by atoms with E-state index >= 15 is 0 Å². The van der Waals surface area contributed by atoms with Crippen molar-refractivity contribution in [2.24, 2.45) is 108 Å². The van der Waals surface area contributed by atoms with Gasteiger partial charge in [0.1, 0.15) is 0 Å². The van der Waals surface area contributed by atoms with Crippen LogP contribution in [0.25, 0.3) is 0 Å². The fraction of sp³-hybridized carbons (Fsp3) is 0.832. The van der Waals surface area contributed by atoms with Crippen molar-refractivity contribution in [3.8, 4) is 0 Å². The summed E-state index contributed by atoms with van der Waals surface area (Å²) >= 11 is 0. The monoisotopic (exact) mass is 1510 g/mol. The predicted octanol–water partition coefficient (Wildman–Crippen LogP) is 22.2. The molecule has 27 atom stereocenters. The number of rotatable bonds is 6. The van der Waals surface area contributed by atoms with Crippen molar-refractivity contribution in [3.63, 3.8) is 0 Å². The molecule has 2 heterocycles. The quantitative estimate of drug-likeness (QED) is 0.114. The summed E-state index contributed by atoms with van der Waals surface area (Å²) in [4.78, 5) is 47.8. The SMILES string of the molecule is C/C=C1/C(=O)C[C@H]2CC[C@]12C.C/C=C1\C(=O)C[C@H]2CC[C@]12C.CC(=O)[C@@]12O[C@@H]1C[C@H]1[C@@H]3CC=C4C[C@@H](O)CC[C@]4(C)[C@H]3CC[C@@]12C.CC(=O)[C@@]12O[C@@H]1C[C@H]1[C@@H]3CC=C4C[C@@H](O[Si](C)(C)C(C)(C)C)CC[C@]4(C)[C@H]3CC[C@@]12C.CC=C1[C@H](O)C[C@H]2[C@@H]3CC=C4C[C@@H](O[Si](C)(C)C(C)(C)C)CC[C@]4(C)[C@H]3CC[C@]12C. The van der Waals surface area contributed by atoms with Gasteiger partial charge in [-0.1, -0.05) is 150 Å². The first-order chi connectivity index (χ1) is 49.8. The zero-order valence-corrected chi connectivity index (χ0v) is 73.5. The van der Waals surface area contributed by atoms with Crippen LogP contribution in [0.4, 0.5) is 0 Å². The van der Waals surface area contributed by atoms with E-state index in [2.05, 4.69) is 154 Å². The maximum absolute atomic E-state index is 12.6. The molecule has 10 nitrogen and oxygen atoms in total. The summed E-state index contributed by atoms with van der Waals surface area (Å²) in [6.45, 7) is 52.5. The lowest BCUT2D eigenvalue weighted by atomic mass is 9.47. The van der Waals surface area contributed by atoms with Crippen LogP contribution in [0.1, 0.15) is 305 Å². The van der Waals surface area contributed by atoms with Gasteiger partial charge in [-0.15, -0.1) is 0 Å². The number of hydrogen-bond donors (Lipinski definition) is 2. The Morgan fingerprint density at radius 2 is 0.804 bits per heavy atom. The summed E-state index contributed by atoms with van der Waals surface area (Å²) in [6, 6.07) is 0. The molecule has 2 saturated heterocycles. The first-order valence-corrected chi connectivity index (χ1v) is 49.9. The number of ketones is 4. The molecule has 13 saturated carbocycles. The molecule has 0 aromatic rings. The van der Waals surface area contributed by atoms with Crippen LogP contribution in [-0.2, 0) is 37.5 Å². The van der Waals surface area contributed by atoms with Crippen LogP contribution >= 0.6 is 0 Å². The van der Waals surface area contributed by atoms with Gasteiger partial charge in [0.25, 0.3) is 0 Å². The highest BCUT2D eigenvalue weighted by molar-refractivity contribution is 6.74. The second-order valence-electron chi connectivity index (χ2n) is 44.3. The number of epoxide rings is 2. The summed E-state index contributed by atoms with van der Waals surface area (Å²) in [5, 5.41) is 21.4. The largest absolute Gasteiger partial charge is 0.414 e. The number of carbonyl (C=O) groups excluding carboxylic acids is 4. The predicted molar refractivity (Wildman–Crippen MR) is 436 cm³/mol. The molecule has 0 aromatic carbocycles. The van der Waals surface area contributed by atoms with Crippen LogP contribution in [0.2, 0.25) is 36.3 Å². The minimum atomic E-state index is -1.73. The summed E-state index contributed by atoms with van der Waals surface area (Å²) in [7, 11) is -3.45. The Bertz CT molecular complexity index is 3690. The fourth-order valence-corrected chi connectivity index (χ4v) is 31.8. The van der Waals surface area contributed by atoms with Crippen molar-refractivity contribution in [3.05, 3.63) is 69.9 Å². The minimum absolute atomic E-state index is 0.0422. The highest BCUT2D eigenvalue weighted by atomic mass is 28.4. The summed E-state index contributed by atoms with van der Waals surface area (Å²) in [5.74, 6) is 9.05. The van der Waals surface area contributed by atoms with Gasteiger partial charge in [-0.05, 0) is 346 Å². The Hall–Kier alpha value is -2.69. The molecule has 0 aromatic heterocycles. The number of aliphatic hydroxyl groups is 2. The number of ether oxygens (including phenoxy) is 2. The fourth-order valence-electron chi connectivity index (χ4n) is 29.0. The minimum Gasteiger partial charge on any atom is -0.414 e. The van der Waals surface area contributed by atoms with Crippen LogP contribution in [0.5, 0.6) is 0 Å². The van der Waals surface area contributed by atoms with E-state index in [9.17, 15) is 29.4 Å². The molecular formula is C95H148O10Si2. The highest BCUT2D eigenvalue weighted by Crippen LogP contribution is 2.76. The van der Waals surface area contributed by atoms with E-state index in [0.717, 1.165) is 124 Å². The first kappa shape index (κ1) is 80.9. The number of carbonyl (C=O) groups is 4. The second kappa shape index (κ2) is 27.2. The van der Waals surface area contributed by atoms with Gasteiger partial charge in [0, 0.05) is 35.9 Å². The van der Waals surface area contributed by atoms with E-state index in [1.165, 1.54) is 101 Å². The smallest absolute Gasteiger partial charge is 0.192 e. The third-order valence-corrected chi connectivity index (χ3v) is 47.0. The number of allylic oxidation sites excluding steroid dienone is 8. The van der Waals surface area contributed by atoms with Crippen molar-refractivity contribution in [1.82, 2.24) is 0 Å². The Morgan fingerprint density at radius 1 is 0.449 bits per heavy atom. The molecule has 12 heteroatoms. The van der Waals surface area contributed by atoms with Gasteiger partial charge in [-0.2, -0.15) is 0 Å². The molecule has 107 heavy (non-hydrogen) atoms. The molecule has 0 spiro atoms. The topological polar surface area (TPSA) is 152 Å². The highest BCUT2D eigenvalue weighted by Gasteiger charge is 2.81. The summed E-state index contributed by atoms with van der Waals surface area (Å²) in [6.07, 6.45) is 45.7. The normalized spacial score (nSPS) is 49.3. The van der Waals surface area contributed by atoms with E-state index < -0.39 is 27.8 Å². The van der Waals surface area contributed by atoms with Crippen molar-refractivity contribution >= 4 is 39.8 Å².